The van der Waals surface area contributed by atoms with Crippen molar-refractivity contribution in [2.24, 2.45) is 0 Å². The maximum Gasteiger partial charge on any atom is 0.335 e. The minimum atomic E-state index is -0.907. The molecule has 0 spiro atoms. The van der Waals surface area contributed by atoms with Gasteiger partial charge in [0.15, 0.2) is 0 Å². The first kappa shape index (κ1) is 14.9. The van der Waals surface area contributed by atoms with Crippen LogP contribution < -0.4 is 0 Å². The first-order chi connectivity index (χ1) is 9.58. The summed E-state index contributed by atoms with van der Waals surface area (Å²) in [5.41, 5.74) is 2.10. The smallest absolute Gasteiger partial charge is 0.335 e. The van der Waals surface area contributed by atoms with Gasteiger partial charge in [-0.25, -0.2) is 9.78 Å². The monoisotopic (exact) mass is 292 g/mol. The summed E-state index contributed by atoms with van der Waals surface area (Å²) in [6.45, 7) is 4.31. The fraction of sp³-hybridized carbons (Fsp3) is 0.467. The Morgan fingerprint density at radius 3 is 2.85 bits per heavy atom. The van der Waals surface area contributed by atoms with E-state index in [0.29, 0.717) is 11.6 Å². The number of thioether (sulfide) groups is 1. The Labute approximate surface area is 123 Å². The standard InChI is InChI=1S/C15H20N2O2S/c1-4-5-14-16-12-8-11(15(18)19)6-7-13(12)17(14)10(2)9-20-3/h6-8,10H,4-5,9H2,1-3H3,(H,18,19). The first-order valence-corrected chi connectivity index (χ1v) is 8.21. The lowest BCUT2D eigenvalue weighted by atomic mass is 10.2. The van der Waals surface area contributed by atoms with Gasteiger partial charge in [0.05, 0.1) is 16.6 Å². The molecule has 1 unspecified atom stereocenters. The number of aryl methyl sites for hydroxylation is 1. The molecule has 2 aromatic rings. The van der Waals surface area contributed by atoms with Crippen molar-refractivity contribution >= 4 is 28.8 Å². The average molecular weight is 292 g/mol. The van der Waals surface area contributed by atoms with Gasteiger partial charge in [-0.1, -0.05) is 6.92 Å². The highest BCUT2D eigenvalue weighted by Gasteiger charge is 2.16. The Morgan fingerprint density at radius 1 is 1.50 bits per heavy atom. The molecule has 0 aliphatic rings. The van der Waals surface area contributed by atoms with Gasteiger partial charge in [-0.05, 0) is 37.8 Å². The van der Waals surface area contributed by atoms with Crippen molar-refractivity contribution in [2.75, 3.05) is 12.0 Å². The van der Waals surface area contributed by atoms with Crippen LogP contribution in [0.15, 0.2) is 18.2 Å². The van der Waals surface area contributed by atoms with Crippen LogP contribution in [0.2, 0.25) is 0 Å². The molecule has 0 saturated carbocycles. The molecule has 108 valence electrons. The molecule has 1 atom stereocenters. The molecule has 0 radical (unpaired) electrons. The fourth-order valence-corrected chi connectivity index (χ4v) is 3.12. The van der Waals surface area contributed by atoms with E-state index in [1.807, 2.05) is 17.8 Å². The number of rotatable bonds is 6. The molecule has 1 N–H and O–H groups in total. The van der Waals surface area contributed by atoms with E-state index in [2.05, 4.69) is 29.7 Å². The number of imidazole rings is 1. The molecule has 0 aliphatic heterocycles. The van der Waals surface area contributed by atoms with Crippen LogP contribution in [0, 0.1) is 0 Å². The van der Waals surface area contributed by atoms with Gasteiger partial charge in [-0.15, -0.1) is 0 Å². The average Bonchev–Trinajstić information content (AvgIpc) is 2.76. The summed E-state index contributed by atoms with van der Waals surface area (Å²) in [4.78, 5) is 15.7. The Bertz CT molecular complexity index is 622. The number of fused-ring (bicyclic) bond motifs is 1. The van der Waals surface area contributed by atoms with Crippen LogP contribution in [0.3, 0.4) is 0 Å². The predicted octanol–water partition coefficient (Wildman–Crippen LogP) is 3.61. The van der Waals surface area contributed by atoms with Crippen LogP contribution in [0.1, 0.15) is 42.5 Å². The van der Waals surface area contributed by atoms with Crippen LogP contribution in [0.25, 0.3) is 11.0 Å². The topological polar surface area (TPSA) is 55.1 Å². The van der Waals surface area contributed by atoms with Gasteiger partial charge >= 0.3 is 5.97 Å². The second-order valence-electron chi connectivity index (χ2n) is 4.96. The van der Waals surface area contributed by atoms with Crippen LogP contribution in [-0.4, -0.2) is 32.6 Å². The zero-order chi connectivity index (χ0) is 14.7. The minimum absolute atomic E-state index is 0.294. The SMILES string of the molecule is CCCc1nc2cc(C(=O)O)ccc2n1C(C)CSC. The zero-order valence-electron chi connectivity index (χ0n) is 12.1. The van der Waals surface area contributed by atoms with Gasteiger partial charge in [0.25, 0.3) is 0 Å². The number of carboxylic acids is 1. The number of aromatic carboxylic acids is 1. The Morgan fingerprint density at radius 2 is 2.25 bits per heavy atom. The van der Waals surface area contributed by atoms with Crippen molar-refractivity contribution in [2.45, 2.75) is 32.7 Å². The molecule has 2 rings (SSSR count). The highest BCUT2D eigenvalue weighted by molar-refractivity contribution is 7.98. The largest absolute Gasteiger partial charge is 0.478 e. The Kier molecular flexibility index (Phi) is 4.70. The van der Waals surface area contributed by atoms with E-state index in [0.717, 1.165) is 35.5 Å². The number of nitrogens with zero attached hydrogens (tertiary/aromatic N) is 2. The zero-order valence-corrected chi connectivity index (χ0v) is 12.9. The number of carbonyl (C=O) groups is 1. The molecule has 4 nitrogen and oxygen atoms in total. The summed E-state index contributed by atoms with van der Waals surface area (Å²) in [5.74, 6) is 1.16. The summed E-state index contributed by atoms with van der Waals surface area (Å²) in [7, 11) is 0. The normalized spacial score (nSPS) is 12.8. The molecule has 0 bridgehead atoms. The maximum absolute atomic E-state index is 11.1. The van der Waals surface area contributed by atoms with E-state index in [-0.39, 0.29) is 0 Å². The molecule has 20 heavy (non-hydrogen) atoms. The molecule has 1 aromatic heterocycles. The Hall–Kier alpha value is -1.49. The van der Waals surface area contributed by atoms with Crippen molar-refractivity contribution in [3.05, 3.63) is 29.6 Å². The molecule has 0 amide bonds. The van der Waals surface area contributed by atoms with Crippen LogP contribution in [-0.2, 0) is 6.42 Å². The Balaban J connectivity index is 2.57. The molecule has 0 fully saturated rings. The van der Waals surface area contributed by atoms with Crippen molar-refractivity contribution in [1.29, 1.82) is 0 Å². The highest BCUT2D eigenvalue weighted by Crippen LogP contribution is 2.25. The third kappa shape index (κ3) is 2.82. The van der Waals surface area contributed by atoms with E-state index in [9.17, 15) is 4.79 Å². The summed E-state index contributed by atoms with van der Waals surface area (Å²) in [6, 6.07) is 5.55. The molecule has 0 saturated heterocycles. The summed E-state index contributed by atoms with van der Waals surface area (Å²) < 4.78 is 2.25. The first-order valence-electron chi connectivity index (χ1n) is 6.81. The second-order valence-corrected chi connectivity index (χ2v) is 5.87. The van der Waals surface area contributed by atoms with E-state index in [1.54, 1.807) is 12.1 Å². The predicted molar refractivity (Wildman–Crippen MR) is 83.8 cm³/mol. The number of benzene rings is 1. The van der Waals surface area contributed by atoms with Gasteiger partial charge in [0.1, 0.15) is 5.82 Å². The lowest BCUT2D eigenvalue weighted by Crippen LogP contribution is -2.11. The van der Waals surface area contributed by atoms with Crippen LogP contribution >= 0.6 is 11.8 Å². The van der Waals surface area contributed by atoms with Crippen LogP contribution in [0.5, 0.6) is 0 Å². The summed E-state index contributed by atoms with van der Waals surface area (Å²) in [5, 5.41) is 9.08. The maximum atomic E-state index is 11.1. The fourth-order valence-electron chi connectivity index (χ4n) is 2.49. The number of hydrogen-bond donors (Lipinski definition) is 1. The van der Waals surface area contributed by atoms with Crippen molar-refractivity contribution in [3.8, 4) is 0 Å². The molecular formula is C15H20N2O2S. The quantitative estimate of drug-likeness (QED) is 0.883. The molecule has 5 heteroatoms. The van der Waals surface area contributed by atoms with Gasteiger partial charge < -0.3 is 9.67 Å². The summed E-state index contributed by atoms with van der Waals surface area (Å²) in [6.07, 6.45) is 4.04. The van der Waals surface area contributed by atoms with E-state index < -0.39 is 5.97 Å². The minimum Gasteiger partial charge on any atom is -0.478 e. The molecule has 0 aliphatic carbocycles. The van der Waals surface area contributed by atoms with Gasteiger partial charge in [0.2, 0.25) is 0 Å². The van der Waals surface area contributed by atoms with E-state index >= 15 is 0 Å². The van der Waals surface area contributed by atoms with E-state index in [4.69, 9.17) is 5.11 Å². The molecule has 1 heterocycles. The van der Waals surface area contributed by atoms with Crippen molar-refractivity contribution in [3.63, 3.8) is 0 Å². The van der Waals surface area contributed by atoms with Gasteiger partial charge in [-0.3, -0.25) is 0 Å². The van der Waals surface area contributed by atoms with Gasteiger partial charge in [0, 0.05) is 18.2 Å². The van der Waals surface area contributed by atoms with E-state index in [1.165, 1.54) is 0 Å². The van der Waals surface area contributed by atoms with Crippen molar-refractivity contribution in [1.82, 2.24) is 9.55 Å². The highest BCUT2D eigenvalue weighted by atomic mass is 32.2. The molecule has 1 aromatic carbocycles. The number of hydrogen-bond acceptors (Lipinski definition) is 3. The third-order valence-electron chi connectivity index (χ3n) is 3.33. The van der Waals surface area contributed by atoms with Crippen molar-refractivity contribution < 1.29 is 9.90 Å². The van der Waals surface area contributed by atoms with Gasteiger partial charge in [-0.2, -0.15) is 11.8 Å². The number of aromatic nitrogens is 2. The second kappa shape index (κ2) is 6.31. The number of carboxylic acid groups (broad SMARTS) is 1. The summed E-state index contributed by atoms with van der Waals surface area (Å²) >= 11 is 1.81. The van der Waals surface area contributed by atoms with Crippen LogP contribution in [0.4, 0.5) is 0 Å². The lowest BCUT2D eigenvalue weighted by molar-refractivity contribution is 0.0697. The molecular weight excluding hydrogens is 272 g/mol. The third-order valence-corrected chi connectivity index (χ3v) is 4.15. The lowest BCUT2D eigenvalue weighted by Gasteiger charge is -2.16.